The van der Waals surface area contributed by atoms with Crippen LogP contribution in [0.4, 0.5) is 5.82 Å². The van der Waals surface area contributed by atoms with E-state index < -0.39 is 0 Å². The average molecular weight is 264 g/mol. The lowest BCUT2D eigenvalue weighted by molar-refractivity contribution is 0.0231. The van der Waals surface area contributed by atoms with E-state index in [2.05, 4.69) is 17.2 Å². The van der Waals surface area contributed by atoms with Crippen LogP contribution in [-0.2, 0) is 9.47 Å². The van der Waals surface area contributed by atoms with Crippen LogP contribution in [0.5, 0.6) is 0 Å². The zero-order valence-corrected chi connectivity index (χ0v) is 11.4. The molecule has 0 amide bonds. The number of pyridine rings is 1. The first-order valence-electron chi connectivity index (χ1n) is 6.71. The maximum atomic E-state index is 11.8. The molecule has 1 aromatic heterocycles. The number of rotatable bonds is 4. The number of carbonyl (C=O) groups excluding carboxylic acids is 1. The number of ether oxygens (including phenoxy) is 2. The molecule has 0 radical (unpaired) electrons. The highest BCUT2D eigenvalue weighted by atomic mass is 16.5. The van der Waals surface area contributed by atoms with Crippen LogP contribution in [0.1, 0.15) is 37.0 Å². The summed E-state index contributed by atoms with van der Waals surface area (Å²) >= 11 is 0. The molecule has 1 fully saturated rings. The van der Waals surface area contributed by atoms with Crippen molar-refractivity contribution in [3.8, 4) is 0 Å². The molecule has 1 N–H and O–H groups in total. The summed E-state index contributed by atoms with van der Waals surface area (Å²) in [6.45, 7) is 4.95. The van der Waals surface area contributed by atoms with Gasteiger partial charge in [-0.05, 0) is 38.8 Å². The van der Waals surface area contributed by atoms with Crippen LogP contribution in [0.25, 0.3) is 0 Å². The monoisotopic (exact) mass is 264 g/mol. The minimum absolute atomic E-state index is 0.237. The fourth-order valence-electron chi connectivity index (χ4n) is 2.22. The molecular formula is C14H20N2O3. The van der Waals surface area contributed by atoms with Gasteiger partial charge in [0.25, 0.3) is 0 Å². The van der Waals surface area contributed by atoms with E-state index in [4.69, 9.17) is 9.47 Å². The first-order chi connectivity index (χ1) is 9.20. The zero-order chi connectivity index (χ0) is 13.7. The molecule has 2 heterocycles. The summed E-state index contributed by atoms with van der Waals surface area (Å²) < 4.78 is 10.5. The Labute approximate surface area is 113 Å². The number of carbonyl (C=O) groups is 1. The third kappa shape index (κ3) is 3.67. The van der Waals surface area contributed by atoms with Crippen LogP contribution in [0, 0.1) is 0 Å². The Hall–Kier alpha value is -1.62. The standard InChI is InChI=1S/C14H20N2O3/c1-3-18-14(17)12-5-4-7-15-13(12)16-11-6-8-19-10(2)9-11/h4-5,7,10-11H,3,6,8-9H2,1-2H3,(H,15,16). The summed E-state index contributed by atoms with van der Waals surface area (Å²) in [4.78, 5) is 16.1. The molecule has 2 unspecified atom stereocenters. The largest absolute Gasteiger partial charge is 0.462 e. The molecule has 0 bridgehead atoms. The van der Waals surface area contributed by atoms with Crippen molar-refractivity contribution in [2.75, 3.05) is 18.5 Å². The summed E-state index contributed by atoms with van der Waals surface area (Å²) in [5.74, 6) is 0.262. The number of aromatic nitrogens is 1. The van der Waals surface area contributed by atoms with Crippen molar-refractivity contribution in [1.29, 1.82) is 0 Å². The Balaban J connectivity index is 2.09. The van der Waals surface area contributed by atoms with E-state index in [0.717, 1.165) is 19.4 Å². The second-order valence-electron chi connectivity index (χ2n) is 4.67. The van der Waals surface area contributed by atoms with Crippen LogP contribution < -0.4 is 5.32 Å². The Morgan fingerprint density at radius 2 is 2.47 bits per heavy atom. The maximum Gasteiger partial charge on any atom is 0.341 e. The molecule has 5 nitrogen and oxygen atoms in total. The zero-order valence-electron chi connectivity index (χ0n) is 11.4. The Bertz CT molecular complexity index is 436. The minimum Gasteiger partial charge on any atom is -0.462 e. The van der Waals surface area contributed by atoms with Crippen LogP contribution in [-0.4, -0.2) is 36.3 Å². The van der Waals surface area contributed by atoms with Crippen molar-refractivity contribution in [2.24, 2.45) is 0 Å². The Kier molecular flexibility index (Phi) is 4.74. The lowest BCUT2D eigenvalue weighted by atomic mass is 10.0. The van der Waals surface area contributed by atoms with E-state index in [1.807, 2.05) is 0 Å². The molecule has 0 spiro atoms. The van der Waals surface area contributed by atoms with E-state index in [9.17, 15) is 4.79 Å². The molecule has 5 heteroatoms. The molecule has 0 aromatic carbocycles. The van der Waals surface area contributed by atoms with E-state index in [1.165, 1.54) is 0 Å². The van der Waals surface area contributed by atoms with Gasteiger partial charge in [-0.2, -0.15) is 0 Å². The van der Waals surface area contributed by atoms with Crippen molar-refractivity contribution in [1.82, 2.24) is 4.98 Å². The molecule has 1 aliphatic heterocycles. The lowest BCUT2D eigenvalue weighted by Gasteiger charge is -2.28. The van der Waals surface area contributed by atoms with Gasteiger partial charge >= 0.3 is 5.97 Å². The van der Waals surface area contributed by atoms with Crippen LogP contribution in [0.15, 0.2) is 18.3 Å². The van der Waals surface area contributed by atoms with Crippen molar-refractivity contribution in [2.45, 2.75) is 38.8 Å². The summed E-state index contributed by atoms with van der Waals surface area (Å²) in [5.41, 5.74) is 0.489. The van der Waals surface area contributed by atoms with E-state index in [-0.39, 0.29) is 18.1 Å². The number of nitrogens with one attached hydrogen (secondary N) is 1. The second kappa shape index (κ2) is 6.52. The fourth-order valence-corrected chi connectivity index (χ4v) is 2.22. The quantitative estimate of drug-likeness (QED) is 0.845. The number of anilines is 1. The van der Waals surface area contributed by atoms with Gasteiger partial charge < -0.3 is 14.8 Å². The second-order valence-corrected chi connectivity index (χ2v) is 4.67. The summed E-state index contributed by atoms with van der Waals surface area (Å²) in [6.07, 6.45) is 3.75. The Morgan fingerprint density at radius 1 is 1.63 bits per heavy atom. The van der Waals surface area contributed by atoms with Gasteiger partial charge in [0.05, 0.1) is 12.7 Å². The molecule has 1 aliphatic rings. The van der Waals surface area contributed by atoms with Gasteiger partial charge in [-0.3, -0.25) is 0 Å². The van der Waals surface area contributed by atoms with Gasteiger partial charge in [-0.1, -0.05) is 0 Å². The summed E-state index contributed by atoms with van der Waals surface area (Å²) in [7, 11) is 0. The average Bonchev–Trinajstić information content (AvgIpc) is 2.39. The van der Waals surface area contributed by atoms with Crippen LogP contribution >= 0.6 is 0 Å². The van der Waals surface area contributed by atoms with Crippen LogP contribution in [0.2, 0.25) is 0 Å². The van der Waals surface area contributed by atoms with Gasteiger partial charge in [0, 0.05) is 18.8 Å². The summed E-state index contributed by atoms with van der Waals surface area (Å²) in [6, 6.07) is 3.76. The highest BCUT2D eigenvalue weighted by molar-refractivity contribution is 5.94. The molecule has 2 rings (SSSR count). The number of hydrogen-bond donors (Lipinski definition) is 1. The topological polar surface area (TPSA) is 60.5 Å². The SMILES string of the molecule is CCOC(=O)c1cccnc1NC1CCOC(C)C1. The van der Waals surface area contributed by atoms with Gasteiger partial charge in [0.15, 0.2) is 0 Å². The van der Waals surface area contributed by atoms with E-state index >= 15 is 0 Å². The molecule has 104 valence electrons. The molecular weight excluding hydrogens is 244 g/mol. The van der Waals surface area contributed by atoms with Crippen molar-refractivity contribution < 1.29 is 14.3 Å². The normalized spacial score (nSPS) is 22.8. The number of esters is 1. The smallest absolute Gasteiger partial charge is 0.341 e. The highest BCUT2D eigenvalue weighted by Gasteiger charge is 2.22. The molecule has 0 aliphatic carbocycles. The molecule has 2 atom stereocenters. The van der Waals surface area contributed by atoms with Gasteiger partial charge in [-0.25, -0.2) is 9.78 Å². The number of hydrogen-bond acceptors (Lipinski definition) is 5. The third-order valence-electron chi connectivity index (χ3n) is 3.13. The van der Waals surface area contributed by atoms with Crippen molar-refractivity contribution in [3.05, 3.63) is 23.9 Å². The predicted molar refractivity (Wildman–Crippen MR) is 72.3 cm³/mol. The lowest BCUT2D eigenvalue weighted by Crippen LogP contribution is -2.33. The van der Waals surface area contributed by atoms with Gasteiger partial charge in [0.1, 0.15) is 11.4 Å². The predicted octanol–water partition coefficient (Wildman–Crippen LogP) is 2.24. The maximum absolute atomic E-state index is 11.8. The first kappa shape index (κ1) is 13.8. The highest BCUT2D eigenvalue weighted by Crippen LogP contribution is 2.20. The van der Waals surface area contributed by atoms with Crippen LogP contribution in [0.3, 0.4) is 0 Å². The third-order valence-corrected chi connectivity index (χ3v) is 3.13. The molecule has 0 saturated carbocycles. The fraction of sp³-hybridized carbons (Fsp3) is 0.571. The van der Waals surface area contributed by atoms with Gasteiger partial charge in [0.2, 0.25) is 0 Å². The first-order valence-corrected chi connectivity index (χ1v) is 6.71. The molecule has 1 aromatic rings. The summed E-state index contributed by atoms with van der Waals surface area (Å²) in [5, 5.41) is 3.33. The molecule has 19 heavy (non-hydrogen) atoms. The van der Waals surface area contributed by atoms with Crippen molar-refractivity contribution in [3.63, 3.8) is 0 Å². The number of nitrogens with zero attached hydrogens (tertiary/aromatic N) is 1. The van der Waals surface area contributed by atoms with E-state index in [1.54, 1.807) is 25.3 Å². The minimum atomic E-state index is -0.335. The van der Waals surface area contributed by atoms with Gasteiger partial charge in [-0.15, -0.1) is 0 Å². The Morgan fingerprint density at radius 3 is 3.21 bits per heavy atom. The molecule has 1 saturated heterocycles. The van der Waals surface area contributed by atoms with E-state index in [0.29, 0.717) is 18.0 Å². The van der Waals surface area contributed by atoms with Crippen molar-refractivity contribution >= 4 is 11.8 Å².